The number of anilines is 1. The summed E-state index contributed by atoms with van der Waals surface area (Å²) in [5, 5.41) is 0. The number of rotatable bonds is 4. The Hall–Kier alpha value is -1.91. The largest absolute Gasteiger partial charge is 0.343 e. The zero-order valence-corrected chi connectivity index (χ0v) is 13.2. The molecule has 1 saturated heterocycles. The maximum absolute atomic E-state index is 13.8. The van der Waals surface area contributed by atoms with Crippen molar-refractivity contribution in [3.63, 3.8) is 0 Å². The number of piperidine rings is 1. The number of likely N-dealkylation sites (tertiary alicyclic amines) is 1. The van der Waals surface area contributed by atoms with Gasteiger partial charge in [-0.05, 0) is 30.9 Å². The van der Waals surface area contributed by atoms with Crippen LogP contribution < -0.4 is 4.90 Å². The summed E-state index contributed by atoms with van der Waals surface area (Å²) in [5.41, 5.74) is 0.232. The van der Waals surface area contributed by atoms with E-state index in [1.54, 1.807) is 18.2 Å². The molecule has 2 amide bonds. The molecular weight excluding hydrogens is 283 g/mol. The predicted molar refractivity (Wildman–Crippen MR) is 84.0 cm³/mol. The Bertz CT molecular complexity index is 539. The number of benzene rings is 1. The molecule has 0 N–H and O–H groups in total. The van der Waals surface area contributed by atoms with E-state index in [1.165, 1.54) is 17.9 Å². The van der Waals surface area contributed by atoms with Gasteiger partial charge in [-0.25, -0.2) is 4.39 Å². The first-order valence-electron chi connectivity index (χ1n) is 7.79. The third kappa shape index (κ3) is 4.06. The highest BCUT2D eigenvalue weighted by Gasteiger charge is 2.22. The van der Waals surface area contributed by atoms with Crippen molar-refractivity contribution in [2.75, 3.05) is 24.5 Å². The molecular formula is C17H23FN2O2. The molecule has 1 aromatic rings. The molecule has 0 spiro atoms. The number of carbonyl (C=O) groups is 2. The first-order valence-corrected chi connectivity index (χ1v) is 7.79. The number of nitrogens with zero attached hydrogens (tertiary/aromatic N) is 2. The lowest BCUT2D eigenvalue weighted by atomic mass is 9.99. The van der Waals surface area contributed by atoms with Gasteiger partial charge in [-0.1, -0.05) is 19.1 Å². The number of carbonyl (C=O) groups excluding carboxylic acids is 2. The fourth-order valence-corrected chi connectivity index (χ4v) is 2.74. The number of amides is 2. The van der Waals surface area contributed by atoms with Crippen LogP contribution in [0.4, 0.5) is 10.1 Å². The van der Waals surface area contributed by atoms with E-state index in [1.807, 2.05) is 4.90 Å². The van der Waals surface area contributed by atoms with Crippen molar-refractivity contribution in [2.45, 2.75) is 33.1 Å². The highest BCUT2D eigenvalue weighted by molar-refractivity contribution is 5.92. The normalized spacial score (nSPS) is 15.7. The van der Waals surface area contributed by atoms with Crippen molar-refractivity contribution in [1.82, 2.24) is 4.90 Å². The molecule has 1 aliphatic rings. The van der Waals surface area contributed by atoms with Crippen LogP contribution in [-0.4, -0.2) is 36.3 Å². The fraction of sp³-hybridized carbons (Fsp3) is 0.529. The zero-order valence-electron chi connectivity index (χ0n) is 13.2. The highest BCUT2D eigenvalue weighted by Crippen LogP contribution is 2.20. The number of hydrogen-bond donors (Lipinski definition) is 0. The molecule has 120 valence electrons. The average Bonchev–Trinajstić information content (AvgIpc) is 2.49. The van der Waals surface area contributed by atoms with E-state index in [0.29, 0.717) is 5.92 Å². The van der Waals surface area contributed by atoms with E-state index in [4.69, 9.17) is 0 Å². The summed E-state index contributed by atoms with van der Waals surface area (Å²) in [5.74, 6) is -0.00668. The quantitative estimate of drug-likeness (QED) is 0.858. The highest BCUT2D eigenvalue weighted by atomic mass is 19.1. The van der Waals surface area contributed by atoms with E-state index in [9.17, 15) is 14.0 Å². The molecule has 5 heteroatoms. The summed E-state index contributed by atoms with van der Waals surface area (Å²) in [7, 11) is 0. The lowest BCUT2D eigenvalue weighted by Gasteiger charge is -2.31. The molecule has 2 rings (SSSR count). The Balaban J connectivity index is 1.96. The summed E-state index contributed by atoms with van der Waals surface area (Å²) >= 11 is 0. The lowest BCUT2D eigenvalue weighted by molar-refractivity contribution is -0.132. The van der Waals surface area contributed by atoms with Gasteiger partial charge < -0.3 is 9.80 Å². The van der Waals surface area contributed by atoms with Crippen LogP contribution in [0.15, 0.2) is 24.3 Å². The van der Waals surface area contributed by atoms with Crippen LogP contribution in [0.2, 0.25) is 0 Å². The second kappa shape index (κ2) is 7.38. The lowest BCUT2D eigenvalue weighted by Crippen LogP contribution is -2.40. The Morgan fingerprint density at radius 3 is 2.50 bits per heavy atom. The van der Waals surface area contributed by atoms with Gasteiger partial charge in [0.2, 0.25) is 11.8 Å². The van der Waals surface area contributed by atoms with Crippen LogP contribution in [0.5, 0.6) is 0 Å². The van der Waals surface area contributed by atoms with Crippen LogP contribution in [-0.2, 0) is 9.59 Å². The maximum Gasteiger partial charge on any atom is 0.224 e. The maximum atomic E-state index is 13.8. The molecule has 0 atom stereocenters. The van der Waals surface area contributed by atoms with Crippen LogP contribution in [0, 0.1) is 11.7 Å². The fourth-order valence-electron chi connectivity index (χ4n) is 2.74. The summed E-state index contributed by atoms with van der Waals surface area (Å²) < 4.78 is 13.8. The molecule has 0 unspecified atom stereocenters. The van der Waals surface area contributed by atoms with Gasteiger partial charge in [0.15, 0.2) is 0 Å². The third-order valence-corrected chi connectivity index (χ3v) is 4.21. The van der Waals surface area contributed by atoms with Crippen LogP contribution in [0.25, 0.3) is 0 Å². The molecule has 1 heterocycles. The van der Waals surface area contributed by atoms with E-state index in [-0.39, 0.29) is 30.5 Å². The van der Waals surface area contributed by atoms with E-state index in [2.05, 4.69) is 6.92 Å². The van der Waals surface area contributed by atoms with Gasteiger partial charge in [0, 0.05) is 33.0 Å². The molecule has 0 bridgehead atoms. The minimum atomic E-state index is -0.447. The van der Waals surface area contributed by atoms with E-state index in [0.717, 1.165) is 25.9 Å². The van der Waals surface area contributed by atoms with Gasteiger partial charge >= 0.3 is 0 Å². The molecule has 0 aromatic heterocycles. The topological polar surface area (TPSA) is 40.6 Å². The average molecular weight is 306 g/mol. The number of para-hydroxylation sites is 1. The van der Waals surface area contributed by atoms with Gasteiger partial charge in [0.25, 0.3) is 0 Å². The second-order valence-corrected chi connectivity index (χ2v) is 5.94. The van der Waals surface area contributed by atoms with Crippen molar-refractivity contribution in [1.29, 1.82) is 0 Å². The summed E-state index contributed by atoms with van der Waals surface area (Å²) in [6.45, 7) is 5.34. The van der Waals surface area contributed by atoms with Gasteiger partial charge in [-0.3, -0.25) is 9.59 Å². The molecule has 4 nitrogen and oxygen atoms in total. The van der Waals surface area contributed by atoms with Gasteiger partial charge in [-0.15, -0.1) is 0 Å². The Morgan fingerprint density at radius 2 is 1.91 bits per heavy atom. The van der Waals surface area contributed by atoms with Crippen molar-refractivity contribution in [2.24, 2.45) is 5.92 Å². The van der Waals surface area contributed by atoms with Crippen molar-refractivity contribution in [3.05, 3.63) is 30.1 Å². The zero-order chi connectivity index (χ0) is 16.1. The smallest absolute Gasteiger partial charge is 0.224 e. The third-order valence-electron chi connectivity index (χ3n) is 4.21. The summed E-state index contributed by atoms with van der Waals surface area (Å²) in [4.78, 5) is 27.2. The second-order valence-electron chi connectivity index (χ2n) is 5.94. The minimum absolute atomic E-state index is 0.0366. The molecule has 0 radical (unpaired) electrons. The first-order chi connectivity index (χ1) is 10.5. The Kier molecular flexibility index (Phi) is 5.52. The summed E-state index contributed by atoms with van der Waals surface area (Å²) in [6.07, 6.45) is 2.27. The molecule has 1 fully saturated rings. The van der Waals surface area contributed by atoms with E-state index < -0.39 is 5.82 Å². The molecule has 0 aliphatic carbocycles. The van der Waals surface area contributed by atoms with Crippen molar-refractivity contribution >= 4 is 17.5 Å². The van der Waals surface area contributed by atoms with Gasteiger partial charge in [0.1, 0.15) is 5.82 Å². The van der Waals surface area contributed by atoms with Crippen LogP contribution in [0.1, 0.15) is 33.1 Å². The number of hydrogen-bond acceptors (Lipinski definition) is 2. The molecule has 1 aromatic carbocycles. The van der Waals surface area contributed by atoms with Crippen molar-refractivity contribution < 1.29 is 14.0 Å². The monoisotopic (exact) mass is 306 g/mol. The first kappa shape index (κ1) is 16.5. The van der Waals surface area contributed by atoms with Gasteiger partial charge in [-0.2, -0.15) is 0 Å². The van der Waals surface area contributed by atoms with Gasteiger partial charge in [0.05, 0.1) is 5.69 Å². The van der Waals surface area contributed by atoms with E-state index >= 15 is 0 Å². The Morgan fingerprint density at radius 1 is 1.27 bits per heavy atom. The standard InChI is InChI=1S/C17H23FN2O2/c1-13-7-10-19(11-8-13)17(22)9-12-20(14(2)21)16-6-4-3-5-15(16)18/h3-6,13H,7-12H2,1-2H3. The van der Waals surface area contributed by atoms with Crippen molar-refractivity contribution in [3.8, 4) is 0 Å². The Labute approximate surface area is 130 Å². The number of halogens is 1. The molecule has 0 saturated carbocycles. The van der Waals surface area contributed by atoms with Crippen LogP contribution in [0.3, 0.4) is 0 Å². The SMILES string of the molecule is CC(=O)N(CCC(=O)N1CCC(C)CC1)c1ccccc1F. The molecule has 1 aliphatic heterocycles. The minimum Gasteiger partial charge on any atom is -0.343 e. The summed E-state index contributed by atoms with van der Waals surface area (Å²) in [6, 6.07) is 6.14. The predicted octanol–water partition coefficient (Wildman–Crippen LogP) is 2.83. The van der Waals surface area contributed by atoms with Crippen LogP contribution >= 0.6 is 0 Å². The molecule has 22 heavy (non-hydrogen) atoms.